The largest absolute Gasteiger partial charge is 0.494 e. The van der Waals surface area contributed by atoms with Gasteiger partial charge in [-0.25, -0.2) is 0 Å². The Morgan fingerprint density at radius 3 is 2.04 bits per heavy atom. The maximum absolute atomic E-state index is 5.55. The van der Waals surface area contributed by atoms with E-state index in [1.54, 1.807) is 0 Å². The molecule has 2 nitrogen and oxygen atoms in total. The first kappa shape index (κ1) is 15.2. The van der Waals surface area contributed by atoms with Crippen LogP contribution in [0.4, 0.5) is 17.1 Å². The standard InChI is InChI=1S/C21H21NO/c1-3-23-21-14-12-19(13-15-21)22(18-9-5-4-6-10-18)20-11-7-8-17(2)16-20/h4-16H,3H2,1-2H3. The smallest absolute Gasteiger partial charge is 0.119 e. The molecular formula is C21H21NO. The van der Waals surface area contributed by atoms with Crippen LogP contribution in [0.1, 0.15) is 12.5 Å². The number of para-hydroxylation sites is 1. The minimum Gasteiger partial charge on any atom is -0.494 e. The summed E-state index contributed by atoms with van der Waals surface area (Å²) in [5, 5.41) is 0. The average Bonchev–Trinajstić information content (AvgIpc) is 2.58. The molecule has 0 saturated carbocycles. The minimum atomic E-state index is 0.680. The first-order valence-electron chi connectivity index (χ1n) is 7.92. The molecule has 116 valence electrons. The molecule has 0 aromatic heterocycles. The third kappa shape index (κ3) is 3.54. The third-order valence-corrected chi connectivity index (χ3v) is 3.68. The highest BCUT2D eigenvalue weighted by molar-refractivity contribution is 5.76. The van der Waals surface area contributed by atoms with Crippen molar-refractivity contribution in [3.05, 3.63) is 84.4 Å². The van der Waals surface area contributed by atoms with Crippen molar-refractivity contribution >= 4 is 17.1 Å². The van der Waals surface area contributed by atoms with E-state index in [0.717, 1.165) is 22.8 Å². The monoisotopic (exact) mass is 303 g/mol. The van der Waals surface area contributed by atoms with Gasteiger partial charge in [-0.05, 0) is 67.9 Å². The van der Waals surface area contributed by atoms with E-state index in [0.29, 0.717) is 6.61 Å². The molecule has 0 N–H and O–H groups in total. The SMILES string of the molecule is CCOc1ccc(N(c2ccccc2)c2cccc(C)c2)cc1. The molecular weight excluding hydrogens is 282 g/mol. The Labute approximate surface area is 138 Å². The Hall–Kier alpha value is -2.74. The van der Waals surface area contributed by atoms with Gasteiger partial charge in [-0.3, -0.25) is 0 Å². The lowest BCUT2D eigenvalue weighted by molar-refractivity contribution is 0.340. The Balaban J connectivity index is 2.05. The van der Waals surface area contributed by atoms with E-state index in [1.165, 1.54) is 5.56 Å². The Morgan fingerprint density at radius 2 is 1.39 bits per heavy atom. The van der Waals surface area contributed by atoms with Crippen molar-refractivity contribution in [2.24, 2.45) is 0 Å². The van der Waals surface area contributed by atoms with Gasteiger partial charge >= 0.3 is 0 Å². The zero-order chi connectivity index (χ0) is 16.1. The second-order valence-corrected chi connectivity index (χ2v) is 5.44. The molecule has 0 radical (unpaired) electrons. The summed E-state index contributed by atoms with van der Waals surface area (Å²) in [6, 6.07) is 27.2. The molecule has 0 aliphatic heterocycles. The van der Waals surface area contributed by atoms with Crippen molar-refractivity contribution in [3.8, 4) is 5.75 Å². The van der Waals surface area contributed by atoms with Crippen LogP contribution in [-0.4, -0.2) is 6.61 Å². The summed E-state index contributed by atoms with van der Waals surface area (Å²) in [6.45, 7) is 4.79. The molecule has 0 atom stereocenters. The van der Waals surface area contributed by atoms with Gasteiger partial charge in [0, 0.05) is 17.1 Å². The van der Waals surface area contributed by atoms with Crippen LogP contribution in [0.5, 0.6) is 5.75 Å². The van der Waals surface area contributed by atoms with Gasteiger partial charge in [-0.15, -0.1) is 0 Å². The molecule has 3 aromatic rings. The van der Waals surface area contributed by atoms with Crippen LogP contribution in [0.3, 0.4) is 0 Å². The van der Waals surface area contributed by atoms with Crippen molar-refractivity contribution in [1.29, 1.82) is 0 Å². The van der Waals surface area contributed by atoms with Crippen LogP contribution >= 0.6 is 0 Å². The second kappa shape index (κ2) is 7.01. The van der Waals surface area contributed by atoms with Gasteiger partial charge in [0.05, 0.1) is 6.61 Å². The van der Waals surface area contributed by atoms with Gasteiger partial charge in [0.1, 0.15) is 5.75 Å². The zero-order valence-electron chi connectivity index (χ0n) is 13.6. The van der Waals surface area contributed by atoms with E-state index < -0.39 is 0 Å². The number of ether oxygens (including phenoxy) is 1. The summed E-state index contributed by atoms with van der Waals surface area (Å²) in [6.07, 6.45) is 0. The number of nitrogens with zero attached hydrogens (tertiary/aromatic N) is 1. The van der Waals surface area contributed by atoms with Crippen molar-refractivity contribution in [1.82, 2.24) is 0 Å². The number of benzene rings is 3. The van der Waals surface area contributed by atoms with E-state index in [-0.39, 0.29) is 0 Å². The Kier molecular flexibility index (Phi) is 4.62. The topological polar surface area (TPSA) is 12.5 Å². The van der Waals surface area contributed by atoms with Crippen molar-refractivity contribution in [2.45, 2.75) is 13.8 Å². The van der Waals surface area contributed by atoms with Crippen molar-refractivity contribution < 1.29 is 4.74 Å². The first-order chi connectivity index (χ1) is 11.3. The minimum absolute atomic E-state index is 0.680. The van der Waals surface area contributed by atoms with E-state index in [4.69, 9.17) is 4.74 Å². The van der Waals surface area contributed by atoms with E-state index >= 15 is 0 Å². The summed E-state index contributed by atoms with van der Waals surface area (Å²) in [4.78, 5) is 2.25. The third-order valence-electron chi connectivity index (χ3n) is 3.68. The maximum atomic E-state index is 5.55. The predicted molar refractivity (Wildman–Crippen MR) is 97.0 cm³/mol. The summed E-state index contributed by atoms with van der Waals surface area (Å²) in [7, 11) is 0. The van der Waals surface area contributed by atoms with Crippen molar-refractivity contribution in [3.63, 3.8) is 0 Å². The molecule has 0 aliphatic carbocycles. The first-order valence-corrected chi connectivity index (χ1v) is 7.92. The lowest BCUT2D eigenvalue weighted by Gasteiger charge is -2.25. The highest BCUT2D eigenvalue weighted by Gasteiger charge is 2.12. The van der Waals surface area contributed by atoms with Gasteiger partial charge in [0.25, 0.3) is 0 Å². The molecule has 0 bridgehead atoms. The van der Waals surface area contributed by atoms with Gasteiger partial charge in [0.15, 0.2) is 0 Å². The van der Waals surface area contributed by atoms with Gasteiger partial charge < -0.3 is 9.64 Å². The molecule has 0 heterocycles. The number of anilines is 3. The van der Waals surface area contributed by atoms with E-state index in [1.807, 2.05) is 25.1 Å². The van der Waals surface area contributed by atoms with Crippen LogP contribution in [0.25, 0.3) is 0 Å². The fourth-order valence-electron chi connectivity index (χ4n) is 2.65. The molecule has 23 heavy (non-hydrogen) atoms. The fraction of sp³-hybridized carbons (Fsp3) is 0.143. The van der Waals surface area contributed by atoms with E-state index in [9.17, 15) is 0 Å². The number of aryl methyl sites for hydroxylation is 1. The molecule has 0 aliphatic rings. The molecule has 0 amide bonds. The summed E-state index contributed by atoms with van der Waals surface area (Å²) in [5.41, 5.74) is 4.65. The zero-order valence-corrected chi connectivity index (χ0v) is 13.6. The highest BCUT2D eigenvalue weighted by atomic mass is 16.5. The lowest BCUT2D eigenvalue weighted by Crippen LogP contribution is -2.09. The van der Waals surface area contributed by atoms with Gasteiger partial charge in [-0.1, -0.05) is 30.3 Å². The molecule has 0 saturated heterocycles. The molecule has 3 rings (SSSR count). The number of hydrogen-bond acceptors (Lipinski definition) is 2. The predicted octanol–water partition coefficient (Wildman–Crippen LogP) is 5.86. The van der Waals surface area contributed by atoms with Crippen LogP contribution in [0.2, 0.25) is 0 Å². The molecule has 0 unspecified atom stereocenters. The number of hydrogen-bond donors (Lipinski definition) is 0. The average molecular weight is 303 g/mol. The fourth-order valence-corrected chi connectivity index (χ4v) is 2.65. The van der Waals surface area contributed by atoms with Crippen LogP contribution < -0.4 is 9.64 Å². The Bertz CT molecular complexity index is 750. The van der Waals surface area contributed by atoms with Crippen LogP contribution in [-0.2, 0) is 0 Å². The highest BCUT2D eigenvalue weighted by Crippen LogP contribution is 2.35. The summed E-state index contributed by atoms with van der Waals surface area (Å²) < 4.78 is 5.55. The molecule has 2 heteroatoms. The van der Waals surface area contributed by atoms with Crippen molar-refractivity contribution in [2.75, 3.05) is 11.5 Å². The second-order valence-electron chi connectivity index (χ2n) is 5.44. The molecule has 3 aromatic carbocycles. The Morgan fingerprint density at radius 1 is 0.739 bits per heavy atom. The van der Waals surface area contributed by atoms with Gasteiger partial charge in [0.2, 0.25) is 0 Å². The normalized spacial score (nSPS) is 10.3. The van der Waals surface area contributed by atoms with Crippen LogP contribution in [0, 0.1) is 6.92 Å². The van der Waals surface area contributed by atoms with E-state index in [2.05, 4.69) is 72.5 Å². The summed E-state index contributed by atoms with van der Waals surface area (Å²) in [5.74, 6) is 0.897. The maximum Gasteiger partial charge on any atom is 0.119 e. The van der Waals surface area contributed by atoms with Gasteiger partial charge in [-0.2, -0.15) is 0 Å². The molecule has 0 fully saturated rings. The van der Waals surface area contributed by atoms with Crippen LogP contribution in [0.15, 0.2) is 78.9 Å². The quantitative estimate of drug-likeness (QED) is 0.585. The molecule has 0 spiro atoms. The lowest BCUT2D eigenvalue weighted by atomic mass is 10.1. The number of rotatable bonds is 5. The summed E-state index contributed by atoms with van der Waals surface area (Å²) >= 11 is 0.